The standard InChI is InChI=1S/C52H73N13O15S/c66-36-79-34-41-32-58-45(30-49(70)71)46(59-42(33-56-41)35-80-37-67)29-38-4-6-39(7-5-38)61-52(81)55-14-16-73-18-20-75-22-24-77-26-28-78-27-25-76-23-21-74-19-17-72-15-13-54-47(68)10-11-48(69)60-40-8-9-44(57-31-40)51-64-62-50(63-65-51)43-3-1-2-12-53-43/h1-9,12,31,36-37,41-42,45-46,56,58-59H,10-11,13-30,32-35H2,(H,54,68)(H,60,69)(H,70,71)(H2,55,61,81). The number of ether oxygens (including phenoxy) is 9. The normalized spacial score (nSPS) is 16.2. The van der Waals surface area contributed by atoms with Gasteiger partial charge in [0.25, 0.3) is 12.9 Å². The smallest absolute Gasteiger partial charge is 0.304 e. The molecule has 8 N–H and O–H groups in total. The van der Waals surface area contributed by atoms with Gasteiger partial charge in [-0.25, -0.2) is 0 Å². The molecule has 4 unspecified atom stereocenters. The third-order valence-electron chi connectivity index (χ3n) is 11.6. The molecule has 0 aliphatic carbocycles. The molecule has 0 spiro atoms. The Balaban J connectivity index is 0.757. The molecular weight excluding hydrogens is 1080 g/mol. The number of pyridine rings is 2. The first kappa shape index (κ1) is 64.9. The summed E-state index contributed by atoms with van der Waals surface area (Å²) in [5.41, 5.74) is 3.14. The van der Waals surface area contributed by atoms with E-state index in [1.165, 1.54) is 6.20 Å². The molecule has 1 aliphatic heterocycles. The second-order valence-corrected chi connectivity index (χ2v) is 18.1. The zero-order valence-electron chi connectivity index (χ0n) is 45.0. The maximum atomic E-state index is 12.4. The van der Waals surface area contributed by atoms with Crippen molar-refractivity contribution in [2.75, 3.05) is 143 Å². The summed E-state index contributed by atoms with van der Waals surface area (Å²) in [6, 6.07) is 14.8. The van der Waals surface area contributed by atoms with Gasteiger partial charge in [0.2, 0.25) is 23.5 Å². The number of nitrogens with zero attached hydrogens (tertiary/aromatic N) is 6. The van der Waals surface area contributed by atoms with Crippen molar-refractivity contribution in [1.29, 1.82) is 0 Å². The van der Waals surface area contributed by atoms with E-state index in [-0.39, 0.29) is 68.2 Å². The Hall–Kier alpha value is -6.90. The van der Waals surface area contributed by atoms with Crippen LogP contribution in [-0.2, 0) is 73.0 Å². The van der Waals surface area contributed by atoms with Crippen LogP contribution in [0.15, 0.2) is 67.0 Å². The minimum absolute atomic E-state index is 0.00675. The number of nitrogens with one attached hydrogen (secondary N) is 7. The monoisotopic (exact) mass is 1150 g/mol. The number of hydrogen-bond acceptors (Lipinski definition) is 24. The summed E-state index contributed by atoms with van der Waals surface area (Å²) in [6.45, 7) is 8.04. The Morgan fingerprint density at radius 1 is 0.580 bits per heavy atom. The van der Waals surface area contributed by atoms with Crippen molar-refractivity contribution in [3.8, 4) is 23.0 Å². The van der Waals surface area contributed by atoms with E-state index in [1.54, 1.807) is 30.5 Å². The van der Waals surface area contributed by atoms with Crippen LogP contribution in [0.25, 0.3) is 23.0 Å². The number of anilines is 2. The van der Waals surface area contributed by atoms with Gasteiger partial charge in [0.05, 0.1) is 123 Å². The number of rotatable bonds is 41. The van der Waals surface area contributed by atoms with Gasteiger partial charge in [0.1, 0.15) is 24.6 Å². The average molecular weight is 1150 g/mol. The van der Waals surface area contributed by atoms with Crippen molar-refractivity contribution in [1.82, 2.24) is 56.9 Å². The van der Waals surface area contributed by atoms with E-state index in [0.717, 1.165) is 11.3 Å². The van der Waals surface area contributed by atoms with E-state index in [2.05, 4.69) is 67.6 Å². The number of thiocarbonyl (C=S) groups is 1. The quantitative estimate of drug-likeness (QED) is 0.0164. The molecule has 2 amide bonds. The summed E-state index contributed by atoms with van der Waals surface area (Å²) in [7, 11) is 0. The minimum atomic E-state index is -0.969. The fourth-order valence-corrected chi connectivity index (χ4v) is 7.80. The Labute approximate surface area is 474 Å². The van der Waals surface area contributed by atoms with E-state index in [4.69, 9.17) is 54.8 Å². The molecule has 0 saturated carbocycles. The first-order chi connectivity index (χ1) is 39.7. The van der Waals surface area contributed by atoms with Crippen LogP contribution in [0.3, 0.4) is 0 Å². The SMILES string of the molecule is O=COCC1CNC(CC(=O)O)C(Cc2ccc(NC(=S)NCCOCCOCCOCCOCCOCCOCCOCCNC(=O)CCC(=O)Nc3ccc(-c4nnc(-c5ccccn5)nn4)nc3)cc2)NC(COC=O)CN1. The fraction of sp³-hybridized carbons (Fsp3) is 0.538. The van der Waals surface area contributed by atoms with Crippen LogP contribution in [-0.4, -0.2) is 227 Å². The van der Waals surface area contributed by atoms with Gasteiger partial charge in [-0.3, -0.25) is 33.9 Å². The van der Waals surface area contributed by atoms with Crippen LogP contribution in [0.4, 0.5) is 11.4 Å². The van der Waals surface area contributed by atoms with Crippen molar-refractivity contribution in [2.24, 2.45) is 0 Å². The molecule has 4 aromatic rings. The number of carbonyl (C=O) groups excluding carboxylic acids is 4. The number of carboxylic acid groups (broad SMARTS) is 1. The summed E-state index contributed by atoms with van der Waals surface area (Å²) in [4.78, 5) is 66.6. The Morgan fingerprint density at radius 2 is 1.10 bits per heavy atom. The molecule has 1 aliphatic rings. The molecule has 81 heavy (non-hydrogen) atoms. The number of aromatic nitrogens is 6. The number of hydrogen-bond donors (Lipinski definition) is 8. The van der Waals surface area contributed by atoms with E-state index in [9.17, 15) is 29.1 Å². The van der Waals surface area contributed by atoms with Gasteiger partial charge in [-0.1, -0.05) is 18.2 Å². The van der Waals surface area contributed by atoms with Gasteiger partial charge in [-0.05, 0) is 60.6 Å². The van der Waals surface area contributed by atoms with Crippen LogP contribution in [0, 0.1) is 0 Å². The van der Waals surface area contributed by atoms with Crippen molar-refractivity contribution < 1.29 is 71.7 Å². The summed E-state index contributed by atoms with van der Waals surface area (Å²) in [5, 5.41) is 48.1. The van der Waals surface area contributed by atoms with Crippen molar-refractivity contribution in [2.45, 2.75) is 49.9 Å². The van der Waals surface area contributed by atoms with Gasteiger partial charge >= 0.3 is 5.97 Å². The molecular formula is C52H73N13O15S. The molecule has 28 nitrogen and oxygen atoms in total. The maximum absolute atomic E-state index is 12.4. The Bertz CT molecular complexity index is 2410. The summed E-state index contributed by atoms with van der Waals surface area (Å²) in [5.74, 6) is -1.06. The van der Waals surface area contributed by atoms with E-state index in [1.807, 2.05) is 30.3 Å². The fourth-order valence-electron chi connectivity index (χ4n) is 7.58. The summed E-state index contributed by atoms with van der Waals surface area (Å²) >= 11 is 5.45. The van der Waals surface area contributed by atoms with Crippen molar-refractivity contribution in [3.63, 3.8) is 0 Å². The zero-order valence-corrected chi connectivity index (χ0v) is 45.9. The zero-order chi connectivity index (χ0) is 57.4. The van der Waals surface area contributed by atoms with E-state index >= 15 is 0 Å². The molecule has 1 fully saturated rings. The highest BCUT2D eigenvalue weighted by atomic mass is 32.1. The molecule has 4 atom stereocenters. The molecule has 4 heterocycles. The van der Waals surface area contributed by atoms with Gasteiger partial charge in [-0.15, -0.1) is 20.4 Å². The van der Waals surface area contributed by atoms with Gasteiger partial charge in [0, 0.05) is 63.0 Å². The van der Waals surface area contributed by atoms with Crippen LogP contribution in [0.1, 0.15) is 24.8 Å². The number of carbonyl (C=O) groups is 5. The topological polar surface area (TPSA) is 350 Å². The average Bonchev–Trinajstić information content (AvgIpc) is 3.55. The Morgan fingerprint density at radius 3 is 1.63 bits per heavy atom. The van der Waals surface area contributed by atoms with Gasteiger partial charge in [0.15, 0.2) is 5.11 Å². The lowest BCUT2D eigenvalue weighted by molar-refractivity contribution is -0.137. The highest BCUT2D eigenvalue weighted by molar-refractivity contribution is 7.80. The minimum Gasteiger partial charge on any atom is -0.481 e. The molecule has 3 aromatic heterocycles. The lowest BCUT2D eigenvalue weighted by atomic mass is 9.95. The van der Waals surface area contributed by atoms with Crippen molar-refractivity contribution in [3.05, 3.63) is 72.6 Å². The molecule has 29 heteroatoms. The van der Waals surface area contributed by atoms with Crippen LogP contribution in [0.5, 0.6) is 0 Å². The molecule has 442 valence electrons. The van der Waals surface area contributed by atoms with Crippen LogP contribution >= 0.6 is 12.2 Å². The number of amides is 2. The lowest BCUT2D eigenvalue weighted by Crippen LogP contribution is -2.54. The number of benzene rings is 1. The van der Waals surface area contributed by atoms with Crippen LogP contribution in [0.2, 0.25) is 0 Å². The second-order valence-electron chi connectivity index (χ2n) is 17.7. The van der Waals surface area contributed by atoms with Gasteiger partial charge < -0.3 is 85.0 Å². The first-order valence-corrected chi connectivity index (χ1v) is 26.8. The summed E-state index contributed by atoms with van der Waals surface area (Å²) < 4.78 is 48.8. The van der Waals surface area contributed by atoms with E-state index in [0.29, 0.717) is 166 Å². The van der Waals surface area contributed by atoms with Crippen LogP contribution < -0.4 is 37.2 Å². The predicted molar refractivity (Wildman–Crippen MR) is 296 cm³/mol. The largest absolute Gasteiger partial charge is 0.481 e. The Kier molecular flexibility index (Phi) is 32.3. The lowest BCUT2D eigenvalue weighted by Gasteiger charge is -2.30. The number of aliphatic carboxylic acids is 1. The van der Waals surface area contributed by atoms with E-state index < -0.39 is 12.0 Å². The molecule has 0 bridgehead atoms. The third-order valence-corrected chi connectivity index (χ3v) is 11.8. The molecule has 1 aromatic carbocycles. The second kappa shape index (κ2) is 40.3. The summed E-state index contributed by atoms with van der Waals surface area (Å²) in [6.07, 6.45) is 3.41. The molecule has 1 saturated heterocycles. The van der Waals surface area contributed by atoms with Gasteiger partial charge in [-0.2, -0.15) is 0 Å². The van der Waals surface area contributed by atoms with Crippen molar-refractivity contribution >= 4 is 59.4 Å². The third kappa shape index (κ3) is 28.4. The predicted octanol–water partition coefficient (Wildman–Crippen LogP) is -0.0517. The molecule has 5 rings (SSSR count). The highest BCUT2D eigenvalue weighted by Crippen LogP contribution is 2.17. The molecule has 0 radical (unpaired) electrons. The number of carboxylic acids is 1. The first-order valence-electron chi connectivity index (χ1n) is 26.4. The highest BCUT2D eigenvalue weighted by Gasteiger charge is 2.30. The maximum Gasteiger partial charge on any atom is 0.304 e.